The minimum Gasteiger partial charge on any atom is -0.324 e. The molecule has 90 valence electrons. The number of aromatic nitrogens is 1. The predicted molar refractivity (Wildman–Crippen MR) is 63.8 cm³/mol. The predicted octanol–water partition coefficient (Wildman–Crippen LogP) is 1.68. The van der Waals surface area contributed by atoms with Gasteiger partial charge in [-0.3, -0.25) is 0 Å². The summed E-state index contributed by atoms with van der Waals surface area (Å²) in [6.45, 7) is 3.65. The summed E-state index contributed by atoms with van der Waals surface area (Å²) < 4.78 is 23.3. The highest BCUT2D eigenvalue weighted by Crippen LogP contribution is 2.18. The van der Waals surface area contributed by atoms with E-state index < -0.39 is 9.84 Å². The molecule has 1 rings (SSSR count). The van der Waals surface area contributed by atoms with E-state index in [1.807, 2.05) is 6.92 Å². The Kier molecular flexibility index (Phi) is 4.44. The second kappa shape index (κ2) is 5.41. The number of nitrogens with two attached hydrogens (primary N) is 1. The van der Waals surface area contributed by atoms with Gasteiger partial charge in [-0.15, -0.1) is 0 Å². The van der Waals surface area contributed by atoms with Crippen molar-refractivity contribution >= 4 is 9.84 Å². The van der Waals surface area contributed by atoms with Crippen molar-refractivity contribution in [3.63, 3.8) is 0 Å². The zero-order valence-corrected chi connectivity index (χ0v) is 10.5. The SMILES string of the molecule is CCCC(N)c1ccnc(S(=O)(=O)CC)c1. The first-order valence-corrected chi connectivity index (χ1v) is 7.10. The maximum absolute atomic E-state index is 11.6. The average Bonchev–Trinajstić information content (AvgIpc) is 2.29. The van der Waals surface area contributed by atoms with Crippen molar-refractivity contribution in [2.24, 2.45) is 5.73 Å². The maximum Gasteiger partial charge on any atom is 0.195 e. The first kappa shape index (κ1) is 13.1. The highest BCUT2D eigenvalue weighted by molar-refractivity contribution is 7.91. The van der Waals surface area contributed by atoms with E-state index in [1.54, 1.807) is 19.1 Å². The number of sulfone groups is 1. The van der Waals surface area contributed by atoms with Crippen LogP contribution in [0, 0.1) is 0 Å². The maximum atomic E-state index is 11.6. The van der Waals surface area contributed by atoms with Gasteiger partial charge in [0.05, 0.1) is 5.75 Å². The Morgan fingerprint density at radius 3 is 2.69 bits per heavy atom. The summed E-state index contributed by atoms with van der Waals surface area (Å²) in [5, 5.41) is 0.124. The third kappa shape index (κ3) is 3.02. The van der Waals surface area contributed by atoms with Crippen LogP contribution in [0.15, 0.2) is 23.4 Å². The smallest absolute Gasteiger partial charge is 0.195 e. The molecule has 5 heteroatoms. The fourth-order valence-corrected chi connectivity index (χ4v) is 2.28. The van der Waals surface area contributed by atoms with E-state index in [0.29, 0.717) is 0 Å². The summed E-state index contributed by atoms with van der Waals surface area (Å²) in [5.41, 5.74) is 6.77. The molecular formula is C11H18N2O2S. The third-order valence-electron chi connectivity index (χ3n) is 2.49. The van der Waals surface area contributed by atoms with E-state index in [0.717, 1.165) is 18.4 Å². The molecule has 16 heavy (non-hydrogen) atoms. The van der Waals surface area contributed by atoms with Crippen molar-refractivity contribution in [1.82, 2.24) is 4.98 Å². The number of hydrogen-bond donors (Lipinski definition) is 1. The van der Waals surface area contributed by atoms with Gasteiger partial charge in [0.15, 0.2) is 14.9 Å². The van der Waals surface area contributed by atoms with Gasteiger partial charge in [-0.1, -0.05) is 20.3 Å². The molecule has 1 atom stereocenters. The largest absolute Gasteiger partial charge is 0.324 e. The van der Waals surface area contributed by atoms with Gasteiger partial charge in [-0.2, -0.15) is 0 Å². The van der Waals surface area contributed by atoms with Crippen LogP contribution in [0.5, 0.6) is 0 Å². The fourth-order valence-electron chi connectivity index (χ4n) is 1.45. The molecular weight excluding hydrogens is 224 g/mol. The highest BCUT2D eigenvalue weighted by atomic mass is 32.2. The number of nitrogens with zero attached hydrogens (tertiary/aromatic N) is 1. The molecule has 0 aliphatic carbocycles. The molecule has 1 aromatic heterocycles. The van der Waals surface area contributed by atoms with Crippen molar-refractivity contribution in [2.75, 3.05) is 5.75 Å². The Hall–Kier alpha value is -0.940. The molecule has 1 heterocycles. The minimum atomic E-state index is -3.24. The monoisotopic (exact) mass is 242 g/mol. The molecule has 0 saturated carbocycles. The Bertz CT molecular complexity index is 443. The van der Waals surface area contributed by atoms with Crippen LogP contribution in [-0.2, 0) is 9.84 Å². The van der Waals surface area contributed by atoms with Crippen molar-refractivity contribution in [3.05, 3.63) is 23.9 Å². The Labute approximate surface area is 96.8 Å². The van der Waals surface area contributed by atoms with E-state index in [-0.39, 0.29) is 16.8 Å². The first-order valence-electron chi connectivity index (χ1n) is 5.45. The molecule has 0 aliphatic heterocycles. The summed E-state index contributed by atoms with van der Waals surface area (Å²) in [5.74, 6) is 0.0620. The zero-order valence-electron chi connectivity index (χ0n) is 9.68. The normalized spacial score (nSPS) is 13.7. The van der Waals surface area contributed by atoms with Crippen molar-refractivity contribution in [2.45, 2.75) is 37.8 Å². The Balaban J connectivity index is 3.05. The topological polar surface area (TPSA) is 73.0 Å². The van der Waals surface area contributed by atoms with Gasteiger partial charge in [0.25, 0.3) is 0 Å². The van der Waals surface area contributed by atoms with Crippen molar-refractivity contribution in [1.29, 1.82) is 0 Å². The molecule has 4 nitrogen and oxygen atoms in total. The molecule has 1 aromatic rings. The summed E-state index contributed by atoms with van der Waals surface area (Å²) in [7, 11) is -3.24. The molecule has 0 bridgehead atoms. The summed E-state index contributed by atoms with van der Waals surface area (Å²) >= 11 is 0. The van der Waals surface area contributed by atoms with E-state index >= 15 is 0 Å². The Morgan fingerprint density at radius 2 is 2.12 bits per heavy atom. The summed E-state index contributed by atoms with van der Waals surface area (Å²) in [4.78, 5) is 3.88. The lowest BCUT2D eigenvalue weighted by Crippen LogP contribution is -2.12. The van der Waals surface area contributed by atoms with E-state index in [2.05, 4.69) is 4.98 Å². The quantitative estimate of drug-likeness (QED) is 0.852. The van der Waals surface area contributed by atoms with Gasteiger partial charge >= 0.3 is 0 Å². The minimum absolute atomic E-state index is 0.0620. The van der Waals surface area contributed by atoms with Gasteiger partial charge in [0.2, 0.25) is 0 Å². The first-order chi connectivity index (χ1) is 7.51. The molecule has 1 unspecified atom stereocenters. The van der Waals surface area contributed by atoms with Gasteiger partial charge < -0.3 is 5.73 Å². The van der Waals surface area contributed by atoms with E-state index in [1.165, 1.54) is 6.20 Å². The second-order valence-electron chi connectivity index (χ2n) is 3.73. The average molecular weight is 242 g/mol. The van der Waals surface area contributed by atoms with Crippen LogP contribution >= 0.6 is 0 Å². The Morgan fingerprint density at radius 1 is 1.44 bits per heavy atom. The zero-order chi connectivity index (χ0) is 12.2. The molecule has 0 saturated heterocycles. The van der Waals surface area contributed by atoms with Crippen LogP contribution in [0.2, 0.25) is 0 Å². The molecule has 2 N–H and O–H groups in total. The van der Waals surface area contributed by atoms with Crippen LogP contribution < -0.4 is 5.73 Å². The highest BCUT2D eigenvalue weighted by Gasteiger charge is 2.15. The van der Waals surface area contributed by atoms with Crippen LogP contribution in [0.3, 0.4) is 0 Å². The molecule has 0 amide bonds. The standard InChI is InChI=1S/C11H18N2O2S/c1-3-5-10(12)9-6-7-13-11(8-9)16(14,15)4-2/h6-8,10H,3-5,12H2,1-2H3. The molecule has 0 spiro atoms. The molecule has 0 aliphatic rings. The van der Waals surface area contributed by atoms with Crippen LogP contribution in [0.1, 0.15) is 38.3 Å². The molecule has 0 radical (unpaired) electrons. The third-order valence-corrected chi connectivity index (χ3v) is 4.11. The fraction of sp³-hybridized carbons (Fsp3) is 0.545. The summed E-state index contributed by atoms with van der Waals surface area (Å²) in [6.07, 6.45) is 3.32. The van der Waals surface area contributed by atoms with Crippen molar-refractivity contribution in [3.8, 4) is 0 Å². The van der Waals surface area contributed by atoms with E-state index in [4.69, 9.17) is 5.73 Å². The lowest BCUT2D eigenvalue weighted by atomic mass is 10.1. The number of hydrogen-bond acceptors (Lipinski definition) is 4. The van der Waals surface area contributed by atoms with Gasteiger partial charge in [-0.05, 0) is 24.1 Å². The number of pyridine rings is 1. The van der Waals surface area contributed by atoms with Gasteiger partial charge in [0, 0.05) is 12.2 Å². The van der Waals surface area contributed by atoms with Gasteiger partial charge in [-0.25, -0.2) is 13.4 Å². The second-order valence-corrected chi connectivity index (χ2v) is 5.95. The van der Waals surface area contributed by atoms with E-state index in [9.17, 15) is 8.42 Å². The van der Waals surface area contributed by atoms with Crippen LogP contribution in [0.25, 0.3) is 0 Å². The van der Waals surface area contributed by atoms with Crippen LogP contribution in [-0.4, -0.2) is 19.2 Å². The van der Waals surface area contributed by atoms with Crippen molar-refractivity contribution < 1.29 is 8.42 Å². The van der Waals surface area contributed by atoms with Gasteiger partial charge in [0.1, 0.15) is 0 Å². The summed E-state index contributed by atoms with van der Waals surface area (Å²) in [6, 6.07) is 3.24. The lowest BCUT2D eigenvalue weighted by molar-refractivity contribution is 0.591. The number of rotatable bonds is 5. The molecule has 0 aromatic carbocycles. The lowest BCUT2D eigenvalue weighted by Gasteiger charge is -2.11. The van der Waals surface area contributed by atoms with Crippen LogP contribution in [0.4, 0.5) is 0 Å². The molecule has 0 fully saturated rings.